The van der Waals surface area contributed by atoms with Crippen molar-refractivity contribution in [2.75, 3.05) is 47.9 Å². The Morgan fingerprint density at radius 3 is 2.49 bits per heavy atom. The summed E-state index contributed by atoms with van der Waals surface area (Å²) in [4.78, 5) is 41.1. The number of nitrogens with one attached hydrogen (secondary N) is 3. The minimum Gasteiger partial charge on any atom is -0.455 e. The van der Waals surface area contributed by atoms with Crippen molar-refractivity contribution in [3.63, 3.8) is 0 Å². The number of pyridine rings is 2. The van der Waals surface area contributed by atoms with Gasteiger partial charge in [-0.2, -0.15) is 0 Å². The van der Waals surface area contributed by atoms with Gasteiger partial charge in [-0.25, -0.2) is 31.5 Å². The molecule has 2 aliphatic heterocycles. The van der Waals surface area contributed by atoms with E-state index < -0.39 is 46.9 Å². The number of nitro groups is 1. The van der Waals surface area contributed by atoms with Crippen molar-refractivity contribution in [2.45, 2.75) is 101 Å². The standard InChI is InChI=1S/C48H58N8O9S2/c1-31(2)38-6-4-5-7-39(38)42-30-66(61,62)21-20-55(42)35-25-48(26-35)15-18-54(19-16-48)34-8-9-40(43(23-34)65-36-22-33-12-17-49-44(33)51-28-36)46(57)53-67(63,64)37-24-41(56(59)60)45(52-29-37)50-27-32-10-13-47(3,58)14-11-32/h4-9,12,17,22-24,28-29,31-32,35,42,58H,10-11,13-16,18-21,25-27,30H2,1-3H3,(H,49,51)(H,50,52)(H,53,57)/t32?,42-,47?/m0/s1. The lowest BCUT2D eigenvalue weighted by Crippen LogP contribution is -2.58. The third-order valence-electron chi connectivity index (χ3n) is 14.6. The molecule has 4 N–H and O–H groups in total. The van der Waals surface area contributed by atoms with Gasteiger partial charge in [0, 0.05) is 67.7 Å². The van der Waals surface area contributed by atoms with E-state index in [4.69, 9.17) is 4.74 Å². The zero-order chi connectivity index (χ0) is 47.3. The Bertz CT molecular complexity index is 2900. The molecule has 1 amide bonds. The van der Waals surface area contributed by atoms with Gasteiger partial charge >= 0.3 is 5.69 Å². The monoisotopic (exact) mass is 954 g/mol. The second-order valence-corrected chi connectivity index (χ2v) is 23.5. The first kappa shape index (κ1) is 46.5. The fraction of sp³-hybridized carbons (Fsp3) is 0.479. The van der Waals surface area contributed by atoms with Crippen LogP contribution >= 0.6 is 0 Å². The number of hydrogen-bond acceptors (Lipinski definition) is 14. The summed E-state index contributed by atoms with van der Waals surface area (Å²) >= 11 is 0. The second kappa shape index (κ2) is 18.1. The van der Waals surface area contributed by atoms with Crippen LogP contribution in [0.2, 0.25) is 0 Å². The van der Waals surface area contributed by atoms with E-state index in [0.29, 0.717) is 37.3 Å². The number of aliphatic hydroxyl groups is 1. The molecule has 1 atom stereocenters. The number of sulfonamides is 1. The molecule has 0 unspecified atom stereocenters. The predicted molar refractivity (Wildman–Crippen MR) is 255 cm³/mol. The molecule has 2 saturated carbocycles. The van der Waals surface area contributed by atoms with Crippen molar-refractivity contribution in [3.05, 3.63) is 106 Å². The summed E-state index contributed by atoms with van der Waals surface area (Å²) in [6, 6.07) is 17.8. The number of carbonyl (C=O) groups is 1. The molecule has 2 aromatic carbocycles. The summed E-state index contributed by atoms with van der Waals surface area (Å²) in [7, 11) is -7.83. The number of benzene rings is 2. The number of aromatic nitrogens is 3. The van der Waals surface area contributed by atoms with Gasteiger partial charge in [-0.05, 0) is 111 Å². The fourth-order valence-corrected chi connectivity index (χ4v) is 13.0. The molecule has 0 radical (unpaired) electrons. The van der Waals surface area contributed by atoms with Crippen molar-refractivity contribution in [1.29, 1.82) is 0 Å². The van der Waals surface area contributed by atoms with E-state index in [2.05, 4.69) is 60.8 Å². The molecule has 9 rings (SSSR count). The van der Waals surface area contributed by atoms with Crippen molar-refractivity contribution in [1.82, 2.24) is 24.6 Å². The summed E-state index contributed by atoms with van der Waals surface area (Å²) < 4.78 is 61.8. The number of aromatic amines is 1. The quantitative estimate of drug-likeness (QED) is 0.0663. The maximum Gasteiger partial charge on any atom is 0.312 e. The lowest BCUT2D eigenvalue weighted by Gasteiger charge is -2.57. The van der Waals surface area contributed by atoms with E-state index in [9.17, 15) is 36.9 Å². The van der Waals surface area contributed by atoms with Crippen molar-refractivity contribution >= 4 is 54.0 Å². The molecular formula is C48H58N8O9S2. The molecule has 5 aromatic rings. The molecule has 3 aromatic heterocycles. The third kappa shape index (κ3) is 10.0. The average Bonchev–Trinajstić information content (AvgIpc) is 3.76. The summed E-state index contributed by atoms with van der Waals surface area (Å²) in [5.41, 5.74) is 2.47. The highest BCUT2D eigenvalue weighted by Gasteiger charge is 2.50. The van der Waals surface area contributed by atoms with E-state index in [0.717, 1.165) is 80.5 Å². The van der Waals surface area contributed by atoms with Gasteiger partial charge < -0.3 is 25.0 Å². The molecule has 17 nitrogen and oxygen atoms in total. The first-order chi connectivity index (χ1) is 31.9. The lowest BCUT2D eigenvalue weighted by molar-refractivity contribution is -0.384. The van der Waals surface area contributed by atoms with E-state index in [1.165, 1.54) is 17.8 Å². The number of fused-ring (bicyclic) bond motifs is 1. The van der Waals surface area contributed by atoms with Gasteiger partial charge in [0.1, 0.15) is 22.0 Å². The predicted octanol–water partition coefficient (Wildman–Crippen LogP) is 7.47. The highest BCUT2D eigenvalue weighted by molar-refractivity contribution is 7.91. The van der Waals surface area contributed by atoms with E-state index in [-0.39, 0.29) is 58.0 Å². The Morgan fingerprint density at radius 2 is 1.76 bits per heavy atom. The van der Waals surface area contributed by atoms with Crippen molar-refractivity contribution < 1.29 is 36.4 Å². The van der Waals surface area contributed by atoms with Crippen LogP contribution < -0.4 is 19.7 Å². The van der Waals surface area contributed by atoms with Crippen LogP contribution in [-0.2, 0) is 19.9 Å². The van der Waals surface area contributed by atoms with Crippen LogP contribution in [0.3, 0.4) is 0 Å². The molecule has 4 fully saturated rings. The van der Waals surface area contributed by atoms with E-state index >= 15 is 0 Å². The molecule has 19 heteroatoms. The average molecular weight is 955 g/mol. The minimum atomic E-state index is -4.66. The zero-order valence-electron chi connectivity index (χ0n) is 38.0. The SMILES string of the molecule is CC(C)c1ccccc1[C@@H]1CS(=O)(=O)CCN1C1CC2(CCN(c3ccc(C(=O)NS(=O)(=O)c4cnc(NCC5CCC(C)(O)CC5)c([N+](=O)[O-])c4)c(Oc4cnc5[nH]ccc5c4)c3)CC2)C1. The number of nitrogens with zero attached hydrogens (tertiary/aromatic N) is 5. The molecular weight excluding hydrogens is 897 g/mol. The smallest absolute Gasteiger partial charge is 0.312 e. The molecule has 5 heterocycles. The number of anilines is 2. The molecule has 1 spiro atoms. The van der Waals surface area contributed by atoms with Gasteiger partial charge in [0.15, 0.2) is 9.84 Å². The summed E-state index contributed by atoms with van der Waals surface area (Å²) in [6.07, 6.45) is 10.7. The highest BCUT2D eigenvalue weighted by Crippen LogP contribution is 2.53. The van der Waals surface area contributed by atoms with Gasteiger partial charge in [0.05, 0.1) is 40.0 Å². The first-order valence-electron chi connectivity index (χ1n) is 23.1. The highest BCUT2D eigenvalue weighted by atomic mass is 32.2. The topological polar surface area (TPSA) is 230 Å². The van der Waals surface area contributed by atoms with Gasteiger partial charge in [-0.1, -0.05) is 38.1 Å². The summed E-state index contributed by atoms with van der Waals surface area (Å²) in [6.45, 7) is 8.44. The molecule has 67 heavy (non-hydrogen) atoms. The van der Waals surface area contributed by atoms with Crippen molar-refractivity contribution in [2.24, 2.45) is 11.3 Å². The molecule has 4 aliphatic rings. The van der Waals surface area contributed by atoms with Gasteiger partial charge in [-0.15, -0.1) is 0 Å². The number of ether oxygens (including phenoxy) is 1. The summed E-state index contributed by atoms with van der Waals surface area (Å²) in [5, 5.41) is 26.2. The Balaban J connectivity index is 0.903. The zero-order valence-corrected chi connectivity index (χ0v) is 39.6. The Morgan fingerprint density at radius 1 is 1.01 bits per heavy atom. The number of H-pyrrole nitrogens is 1. The molecule has 2 saturated heterocycles. The number of piperidine rings is 1. The van der Waals surface area contributed by atoms with E-state index in [1.54, 1.807) is 31.3 Å². The number of sulfone groups is 1. The second-order valence-electron chi connectivity index (χ2n) is 19.6. The maximum atomic E-state index is 14.0. The van der Waals surface area contributed by atoms with Gasteiger partial charge in [-0.3, -0.25) is 19.8 Å². The van der Waals surface area contributed by atoms with Crippen LogP contribution in [-0.4, -0.2) is 102 Å². The number of hydrogen-bond donors (Lipinski definition) is 4. The summed E-state index contributed by atoms with van der Waals surface area (Å²) in [5.74, 6) is 0.0337. The van der Waals surface area contributed by atoms with Crippen LogP contribution in [0.25, 0.3) is 11.0 Å². The van der Waals surface area contributed by atoms with Crippen molar-refractivity contribution in [3.8, 4) is 11.5 Å². The minimum absolute atomic E-state index is 0.0823. The Labute approximate surface area is 390 Å². The fourth-order valence-electron chi connectivity index (χ4n) is 10.6. The molecule has 356 valence electrons. The molecule has 2 aliphatic carbocycles. The number of rotatable bonds is 13. The largest absolute Gasteiger partial charge is 0.455 e. The Hall–Kier alpha value is -5.63. The maximum absolute atomic E-state index is 14.0. The number of amides is 1. The molecule has 0 bridgehead atoms. The van der Waals surface area contributed by atoms with E-state index in [1.807, 2.05) is 18.2 Å². The lowest BCUT2D eigenvalue weighted by atomic mass is 9.59. The van der Waals surface area contributed by atoms with Crippen LogP contribution in [0, 0.1) is 21.4 Å². The van der Waals surface area contributed by atoms with Crippen LogP contribution in [0.15, 0.2) is 84.1 Å². The van der Waals surface area contributed by atoms with Crippen LogP contribution in [0.5, 0.6) is 11.5 Å². The van der Waals surface area contributed by atoms with Gasteiger partial charge in [0.2, 0.25) is 5.82 Å². The Kier molecular flexibility index (Phi) is 12.6. The van der Waals surface area contributed by atoms with Crippen LogP contribution in [0.1, 0.15) is 106 Å². The number of carbonyl (C=O) groups excluding carboxylic acids is 1. The third-order valence-corrected chi connectivity index (χ3v) is 17.5. The van der Waals surface area contributed by atoms with Gasteiger partial charge in [0.25, 0.3) is 15.9 Å². The van der Waals surface area contributed by atoms with Crippen LogP contribution in [0.4, 0.5) is 17.2 Å². The normalized spacial score (nSPS) is 23.2. The first-order valence-corrected chi connectivity index (χ1v) is 26.4.